The first-order valence-electron chi connectivity index (χ1n) is 7.27. The Bertz CT molecular complexity index is 649. The lowest BCUT2D eigenvalue weighted by Gasteiger charge is -2.33. The number of aliphatic hydroxyl groups is 1. The number of piperazine rings is 1. The fourth-order valence-corrected chi connectivity index (χ4v) is 3.22. The normalized spacial score (nSPS) is 26.7. The summed E-state index contributed by atoms with van der Waals surface area (Å²) in [5.74, 6) is -0.838. The predicted molar refractivity (Wildman–Crippen MR) is 84.5 cm³/mol. The van der Waals surface area contributed by atoms with E-state index in [9.17, 15) is 14.4 Å². The van der Waals surface area contributed by atoms with Crippen LogP contribution in [0.1, 0.15) is 16.8 Å². The van der Waals surface area contributed by atoms with E-state index < -0.39 is 18.7 Å². The summed E-state index contributed by atoms with van der Waals surface area (Å²) in [6, 6.07) is 5.18. The zero-order chi connectivity index (χ0) is 16.6. The van der Waals surface area contributed by atoms with Crippen molar-refractivity contribution in [2.24, 2.45) is 0 Å². The number of amides is 3. The van der Waals surface area contributed by atoms with Crippen LogP contribution < -0.4 is 10.6 Å². The quantitative estimate of drug-likeness (QED) is 0.665. The van der Waals surface area contributed by atoms with Crippen molar-refractivity contribution in [3.05, 3.63) is 34.3 Å². The maximum absolute atomic E-state index is 12.2. The molecule has 0 spiro atoms. The van der Waals surface area contributed by atoms with Gasteiger partial charge in [-0.1, -0.05) is 15.9 Å². The molecule has 122 valence electrons. The zero-order valence-corrected chi connectivity index (χ0v) is 13.7. The van der Waals surface area contributed by atoms with E-state index in [0.29, 0.717) is 12.0 Å². The summed E-state index contributed by atoms with van der Waals surface area (Å²) in [6.07, 6.45) is 0.373. The van der Waals surface area contributed by atoms with E-state index in [1.807, 2.05) is 0 Å². The zero-order valence-electron chi connectivity index (χ0n) is 12.2. The fourth-order valence-electron chi connectivity index (χ4n) is 2.96. The first-order valence-corrected chi connectivity index (χ1v) is 8.07. The number of halogens is 1. The number of fused-ring (bicyclic) bond motifs is 1. The molecule has 2 saturated heterocycles. The number of hydrogen-bond donors (Lipinski definition) is 3. The summed E-state index contributed by atoms with van der Waals surface area (Å²) < 4.78 is 0.879. The van der Waals surface area contributed by atoms with Crippen molar-refractivity contribution >= 4 is 33.7 Å². The van der Waals surface area contributed by atoms with Crippen LogP contribution in [0.5, 0.6) is 0 Å². The molecule has 23 heavy (non-hydrogen) atoms. The summed E-state index contributed by atoms with van der Waals surface area (Å²) in [6.45, 7) is -0.153. The van der Waals surface area contributed by atoms with Crippen molar-refractivity contribution < 1.29 is 19.5 Å². The Morgan fingerprint density at radius 2 is 2.04 bits per heavy atom. The van der Waals surface area contributed by atoms with Crippen LogP contribution in [0.25, 0.3) is 0 Å². The molecule has 0 radical (unpaired) electrons. The molecule has 2 aliphatic heterocycles. The number of nitrogens with one attached hydrogen (secondary N) is 2. The first kappa shape index (κ1) is 15.9. The number of nitrogens with zero attached hydrogens (tertiary/aromatic N) is 1. The van der Waals surface area contributed by atoms with Gasteiger partial charge in [-0.3, -0.25) is 14.4 Å². The highest BCUT2D eigenvalue weighted by molar-refractivity contribution is 9.10. The van der Waals surface area contributed by atoms with Crippen molar-refractivity contribution in [2.75, 3.05) is 13.2 Å². The molecule has 2 heterocycles. The monoisotopic (exact) mass is 381 g/mol. The van der Waals surface area contributed by atoms with E-state index in [4.69, 9.17) is 5.11 Å². The van der Waals surface area contributed by atoms with Crippen LogP contribution in [0.3, 0.4) is 0 Å². The van der Waals surface area contributed by atoms with Gasteiger partial charge in [0.25, 0.3) is 5.91 Å². The lowest BCUT2D eigenvalue weighted by atomic mass is 10.1. The number of benzene rings is 1. The van der Waals surface area contributed by atoms with Gasteiger partial charge in [0.15, 0.2) is 0 Å². The average Bonchev–Trinajstić information content (AvgIpc) is 2.96. The van der Waals surface area contributed by atoms with Crippen LogP contribution in [0.15, 0.2) is 28.7 Å². The fraction of sp³-hybridized carbons (Fsp3) is 0.400. The van der Waals surface area contributed by atoms with Crippen LogP contribution in [0.2, 0.25) is 0 Å². The lowest BCUT2D eigenvalue weighted by molar-refractivity contribution is -0.148. The van der Waals surface area contributed by atoms with Crippen LogP contribution in [0, 0.1) is 0 Å². The Morgan fingerprint density at radius 1 is 1.35 bits per heavy atom. The van der Waals surface area contributed by atoms with Gasteiger partial charge in [-0.15, -0.1) is 0 Å². The molecule has 8 heteroatoms. The minimum absolute atomic E-state index is 0.242. The van der Waals surface area contributed by atoms with Crippen LogP contribution in [0.4, 0.5) is 0 Å². The molecule has 1 aromatic carbocycles. The summed E-state index contributed by atoms with van der Waals surface area (Å²) in [4.78, 5) is 37.8. The third-order valence-corrected chi connectivity index (χ3v) is 4.65. The molecule has 0 saturated carbocycles. The third kappa shape index (κ3) is 3.09. The molecule has 0 aromatic heterocycles. The lowest BCUT2D eigenvalue weighted by Crippen LogP contribution is -2.62. The molecule has 0 aliphatic carbocycles. The van der Waals surface area contributed by atoms with Gasteiger partial charge in [-0.25, -0.2) is 0 Å². The Hall–Kier alpha value is -1.93. The van der Waals surface area contributed by atoms with Gasteiger partial charge >= 0.3 is 0 Å². The molecular formula is C15H16BrN3O4. The van der Waals surface area contributed by atoms with Gasteiger partial charge in [0.05, 0.1) is 6.61 Å². The first-order chi connectivity index (χ1) is 11.0. The van der Waals surface area contributed by atoms with Crippen molar-refractivity contribution in [1.82, 2.24) is 15.5 Å². The standard InChI is InChI=1S/C15H16BrN3O4/c16-9-3-1-8(2-4-9)13(21)17-10-5-12-14(22)18-11(7-20)15(23)19(12)6-10/h1-4,10-12,20H,5-7H2,(H,17,21)(H,18,22)/t10-,11+,12-/m0/s1. The number of carbonyl (C=O) groups excluding carboxylic acids is 3. The van der Waals surface area contributed by atoms with Gasteiger partial charge in [-0.05, 0) is 30.7 Å². The van der Waals surface area contributed by atoms with E-state index >= 15 is 0 Å². The Balaban J connectivity index is 1.67. The Kier molecular flexibility index (Phi) is 4.36. The topological polar surface area (TPSA) is 98.7 Å². The van der Waals surface area contributed by atoms with Crippen molar-refractivity contribution in [1.29, 1.82) is 0 Å². The highest BCUT2D eigenvalue weighted by Crippen LogP contribution is 2.23. The molecule has 3 amide bonds. The molecule has 7 nitrogen and oxygen atoms in total. The summed E-state index contributed by atoms with van der Waals surface area (Å²) in [5.41, 5.74) is 0.516. The Labute approximate surface area is 141 Å². The highest BCUT2D eigenvalue weighted by atomic mass is 79.9. The smallest absolute Gasteiger partial charge is 0.251 e. The van der Waals surface area contributed by atoms with Crippen LogP contribution in [-0.2, 0) is 9.59 Å². The number of hydrogen-bond acceptors (Lipinski definition) is 4. The van der Waals surface area contributed by atoms with E-state index in [-0.39, 0.29) is 30.3 Å². The second-order valence-electron chi connectivity index (χ2n) is 5.66. The van der Waals surface area contributed by atoms with Crippen molar-refractivity contribution in [3.8, 4) is 0 Å². The molecule has 2 aliphatic rings. The molecule has 3 rings (SSSR count). The number of aliphatic hydroxyl groups excluding tert-OH is 1. The van der Waals surface area contributed by atoms with Crippen molar-refractivity contribution in [3.63, 3.8) is 0 Å². The summed E-state index contributed by atoms with van der Waals surface area (Å²) in [7, 11) is 0. The largest absolute Gasteiger partial charge is 0.394 e. The Morgan fingerprint density at radius 3 is 2.70 bits per heavy atom. The molecule has 2 fully saturated rings. The molecule has 0 bridgehead atoms. The second-order valence-corrected chi connectivity index (χ2v) is 6.58. The second kappa shape index (κ2) is 6.29. The van der Waals surface area contributed by atoms with Gasteiger partial charge in [0.2, 0.25) is 11.8 Å². The van der Waals surface area contributed by atoms with Gasteiger partial charge < -0.3 is 20.6 Å². The molecule has 3 N–H and O–H groups in total. The van der Waals surface area contributed by atoms with Gasteiger partial charge in [0, 0.05) is 22.6 Å². The van der Waals surface area contributed by atoms with Gasteiger partial charge in [-0.2, -0.15) is 0 Å². The number of rotatable bonds is 3. The van der Waals surface area contributed by atoms with E-state index in [1.54, 1.807) is 24.3 Å². The predicted octanol–water partition coefficient (Wildman–Crippen LogP) is -0.361. The minimum atomic E-state index is -0.889. The van der Waals surface area contributed by atoms with E-state index in [2.05, 4.69) is 26.6 Å². The average molecular weight is 382 g/mol. The number of carbonyl (C=O) groups is 3. The van der Waals surface area contributed by atoms with Gasteiger partial charge in [0.1, 0.15) is 12.1 Å². The third-order valence-electron chi connectivity index (χ3n) is 4.13. The highest BCUT2D eigenvalue weighted by Gasteiger charge is 2.46. The SMILES string of the molecule is O=C(N[C@H]1C[C@H]2C(=O)N[C@H](CO)C(=O)N2C1)c1ccc(Br)cc1. The summed E-state index contributed by atoms with van der Waals surface area (Å²) >= 11 is 3.31. The van der Waals surface area contributed by atoms with Crippen LogP contribution >= 0.6 is 15.9 Å². The molecular weight excluding hydrogens is 366 g/mol. The van der Waals surface area contributed by atoms with E-state index in [0.717, 1.165) is 4.47 Å². The van der Waals surface area contributed by atoms with E-state index in [1.165, 1.54) is 4.90 Å². The van der Waals surface area contributed by atoms with Crippen molar-refractivity contribution in [2.45, 2.75) is 24.5 Å². The molecule has 0 unspecified atom stereocenters. The minimum Gasteiger partial charge on any atom is -0.394 e. The maximum Gasteiger partial charge on any atom is 0.251 e. The maximum atomic E-state index is 12.2. The molecule has 3 atom stereocenters. The van der Waals surface area contributed by atoms with Crippen LogP contribution in [-0.4, -0.2) is 59.0 Å². The molecule has 1 aromatic rings. The summed E-state index contributed by atoms with van der Waals surface area (Å²) in [5, 5.41) is 14.5.